The Balaban J connectivity index is 1.39. The van der Waals surface area contributed by atoms with Crippen LogP contribution in [0.1, 0.15) is 55.1 Å². The van der Waals surface area contributed by atoms with Gasteiger partial charge in [-0.05, 0) is 42.5 Å². The quantitative estimate of drug-likeness (QED) is 0.531. The van der Waals surface area contributed by atoms with Crippen molar-refractivity contribution < 1.29 is 13.2 Å². The van der Waals surface area contributed by atoms with Gasteiger partial charge in [-0.25, -0.2) is 13.4 Å². The molecule has 1 aliphatic rings. The van der Waals surface area contributed by atoms with E-state index >= 15 is 0 Å². The smallest absolute Gasteiger partial charge is 0.243 e. The number of sulfonamides is 1. The van der Waals surface area contributed by atoms with Gasteiger partial charge in [-0.3, -0.25) is 4.79 Å². The molecule has 1 aliphatic heterocycles. The van der Waals surface area contributed by atoms with Gasteiger partial charge in [0, 0.05) is 39.0 Å². The molecule has 0 aliphatic carbocycles. The second-order valence-corrected chi connectivity index (χ2v) is 10.7. The molecule has 34 heavy (non-hydrogen) atoms. The number of amides is 1. The molecule has 2 heterocycles. The minimum absolute atomic E-state index is 0.0851. The van der Waals surface area contributed by atoms with Gasteiger partial charge in [0.2, 0.25) is 15.9 Å². The number of hydrogen-bond donors (Lipinski definition) is 1. The summed E-state index contributed by atoms with van der Waals surface area (Å²) < 4.78 is 29.4. The van der Waals surface area contributed by atoms with Gasteiger partial charge in [-0.1, -0.05) is 55.3 Å². The van der Waals surface area contributed by atoms with Crippen LogP contribution < -0.4 is 5.32 Å². The highest BCUT2D eigenvalue weighted by Crippen LogP contribution is 2.22. The number of imidazole rings is 1. The normalized spacial score (nSPS) is 16.0. The largest absolute Gasteiger partial charge is 0.342 e. The summed E-state index contributed by atoms with van der Waals surface area (Å²) in [6.45, 7) is 1.17. The van der Waals surface area contributed by atoms with Gasteiger partial charge in [-0.2, -0.15) is 4.31 Å². The summed E-state index contributed by atoms with van der Waals surface area (Å²) in [6, 6.07) is 16.4. The summed E-state index contributed by atoms with van der Waals surface area (Å²) >= 11 is 0. The highest BCUT2D eigenvalue weighted by Gasteiger charge is 2.25. The number of carbonyl (C=O) groups excluding carboxylic acids is 1. The summed E-state index contributed by atoms with van der Waals surface area (Å²) in [6.07, 6.45) is 8.39. The molecule has 1 aromatic heterocycles. The third-order valence-electron chi connectivity index (χ3n) is 6.32. The molecule has 0 bridgehead atoms. The first-order valence-electron chi connectivity index (χ1n) is 11.9. The number of aryl methyl sites for hydroxylation is 2. The average Bonchev–Trinajstić information content (AvgIpc) is 3.09. The highest BCUT2D eigenvalue weighted by molar-refractivity contribution is 7.89. The zero-order valence-electron chi connectivity index (χ0n) is 19.6. The van der Waals surface area contributed by atoms with Crippen LogP contribution in [-0.4, -0.2) is 41.3 Å². The van der Waals surface area contributed by atoms with Crippen LogP contribution in [0.3, 0.4) is 0 Å². The average molecular weight is 481 g/mol. The Hall–Kier alpha value is -2.97. The minimum atomic E-state index is -3.46. The minimum Gasteiger partial charge on any atom is -0.342 e. The van der Waals surface area contributed by atoms with Crippen molar-refractivity contribution in [3.05, 3.63) is 83.9 Å². The zero-order valence-corrected chi connectivity index (χ0v) is 20.4. The van der Waals surface area contributed by atoms with E-state index in [9.17, 15) is 13.2 Å². The van der Waals surface area contributed by atoms with E-state index in [1.165, 1.54) is 0 Å². The monoisotopic (exact) mass is 480 g/mol. The molecule has 7 nitrogen and oxygen atoms in total. The Kier molecular flexibility index (Phi) is 7.80. The van der Waals surface area contributed by atoms with Crippen molar-refractivity contribution in [2.75, 3.05) is 13.1 Å². The van der Waals surface area contributed by atoms with Crippen LogP contribution in [0.5, 0.6) is 0 Å². The molecule has 1 unspecified atom stereocenters. The van der Waals surface area contributed by atoms with E-state index in [2.05, 4.69) is 10.3 Å². The lowest BCUT2D eigenvalue weighted by Crippen LogP contribution is -2.32. The summed E-state index contributed by atoms with van der Waals surface area (Å²) in [4.78, 5) is 17.6. The van der Waals surface area contributed by atoms with Crippen LogP contribution in [-0.2, 0) is 28.3 Å². The number of nitrogens with zero attached hydrogens (tertiary/aromatic N) is 3. The third kappa shape index (κ3) is 5.74. The molecule has 2 aromatic carbocycles. The van der Waals surface area contributed by atoms with E-state index in [0.29, 0.717) is 30.8 Å². The van der Waals surface area contributed by atoms with Crippen molar-refractivity contribution in [2.45, 2.75) is 49.5 Å². The Bertz CT molecular complexity index is 1180. The standard InChI is InChI=1S/C26H32N4O3S/c1-29-20-17-27-26(29)25(22-9-5-4-6-10-22)28-24(31)16-13-21-11-14-23(15-12-21)34(32,33)30-18-7-2-3-8-19-30/h4-6,9-12,14-15,17,20,25H,2-3,7-8,13,16,18-19H2,1H3,(H,28,31). The number of hydrogen-bond acceptors (Lipinski definition) is 4. The van der Waals surface area contributed by atoms with E-state index in [1.54, 1.807) is 22.6 Å². The van der Waals surface area contributed by atoms with E-state index in [1.807, 2.05) is 60.3 Å². The molecule has 1 fully saturated rings. The van der Waals surface area contributed by atoms with Gasteiger partial charge >= 0.3 is 0 Å². The van der Waals surface area contributed by atoms with Gasteiger partial charge < -0.3 is 9.88 Å². The first kappa shape index (κ1) is 24.2. The van der Waals surface area contributed by atoms with Crippen LogP contribution in [0.25, 0.3) is 0 Å². The molecule has 1 N–H and O–H groups in total. The van der Waals surface area contributed by atoms with Crippen LogP contribution >= 0.6 is 0 Å². The van der Waals surface area contributed by atoms with Gasteiger partial charge in [0.1, 0.15) is 11.9 Å². The van der Waals surface area contributed by atoms with Crippen molar-refractivity contribution in [3.8, 4) is 0 Å². The summed E-state index contributed by atoms with van der Waals surface area (Å²) in [5, 5.41) is 3.11. The van der Waals surface area contributed by atoms with Crippen LogP contribution in [0.2, 0.25) is 0 Å². The Labute approximate surface area is 201 Å². The lowest BCUT2D eigenvalue weighted by molar-refractivity contribution is -0.121. The molecule has 4 rings (SSSR count). The highest BCUT2D eigenvalue weighted by atomic mass is 32.2. The predicted octanol–water partition coefficient (Wildman–Crippen LogP) is 3.82. The first-order valence-corrected chi connectivity index (χ1v) is 13.3. The molecule has 3 aromatic rings. The molecule has 0 radical (unpaired) electrons. The molecular formula is C26H32N4O3S. The van der Waals surface area contributed by atoms with E-state index in [4.69, 9.17) is 0 Å². The molecule has 0 spiro atoms. The molecule has 1 atom stereocenters. The maximum atomic E-state index is 13.0. The number of rotatable bonds is 8. The summed E-state index contributed by atoms with van der Waals surface area (Å²) in [5.74, 6) is 0.681. The number of aromatic nitrogens is 2. The molecule has 180 valence electrons. The fourth-order valence-electron chi connectivity index (χ4n) is 4.35. The SMILES string of the molecule is Cn1ccnc1C(NC(=O)CCc1ccc(S(=O)(=O)N2CCCCCC2)cc1)c1ccccc1. The first-order chi connectivity index (χ1) is 16.4. The fourth-order valence-corrected chi connectivity index (χ4v) is 5.87. The molecule has 1 amide bonds. The van der Waals surface area contributed by atoms with Crippen molar-refractivity contribution in [1.29, 1.82) is 0 Å². The van der Waals surface area contributed by atoms with Crippen LogP contribution in [0.4, 0.5) is 0 Å². The Morgan fingerprint density at radius 2 is 1.68 bits per heavy atom. The molecule has 8 heteroatoms. The van der Waals surface area contributed by atoms with Gasteiger partial charge in [0.05, 0.1) is 4.90 Å². The Morgan fingerprint density at radius 1 is 1.00 bits per heavy atom. The summed E-state index contributed by atoms with van der Waals surface area (Å²) in [7, 11) is -1.56. The predicted molar refractivity (Wildman–Crippen MR) is 132 cm³/mol. The van der Waals surface area contributed by atoms with Crippen molar-refractivity contribution in [2.24, 2.45) is 7.05 Å². The number of nitrogens with one attached hydrogen (secondary N) is 1. The van der Waals surface area contributed by atoms with Crippen LogP contribution in [0.15, 0.2) is 71.9 Å². The van der Waals surface area contributed by atoms with E-state index in [0.717, 1.165) is 42.6 Å². The number of carbonyl (C=O) groups is 1. The summed E-state index contributed by atoms with van der Waals surface area (Å²) in [5.41, 5.74) is 1.89. The molecular weight excluding hydrogens is 448 g/mol. The van der Waals surface area contributed by atoms with Gasteiger partial charge in [0.25, 0.3) is 0 Å². The third-order valence-corrected chi connectivity index (χ3v) is 8.23. The number of benzene rings is 2. The lowest BCUT2D eigenvalue weighted by Gasteiger charge is -2.20. The van der Waals surface area contributed by atoms with Gasteiger partial charge in [0.15, 0.2) is 0 Å². The van der Waals surface area contributed by atoms with E-state index in [-0.39, 0.29) is 11.9 Å². The Morgan fingerprint density at radius 3 is 2.29 bits per heavy atom. The van der Waals surface area contributed by atoms with Crippen molar-refractivity contribution in [3.63, 3.8) is 0 Å². The molecule has 0 saturated carbocycles. The maximum Gasteiger partial charge on any atom is 0.243 e. The van der Waals surface area contributed by atoms with Gasteiger partial charge in [-0.15, -0.1) is 0 Å². The molecule has 1 saturated heterocycles. The topological polar surface area (TPSA) is 84.3 Å². The maximum absolute atomic E-state index is 13.0. The van der Waals surface area contributed by atoms with Crippen LogP contribution in [0, 0.1) is 0 Å². The second-order valence-electron chi connectivity index (χ2n) is 8.77. The zero-order chi connectivity index (χ0) is 24.0. The van der Waals surface area contributed by atoms with Crippen molar-refractivity contribution in [1.82, 2.24) is 19.2 Å². The van der Waals surface area contributed by atoms with E-state index < -0.39 is 10.0 Å². The second kappa shape index (κ2) is 11.0. The van der Waals surface area contributed by atoms with Crippen molar-refractivity contribution >= 4 is 15.9 Å². The fraction of sp³-hybridized carbons (Fsp3) is 0.385. The lowest BCUT2D eigenvalue weighted by atomic mass is 10.1.